The standard InChI is InChI=1S/C9H15NO3/c1-2-10-7-3-9(4-7)5-12-8(11)13-6-9/h7,10H,2-6H2,1H3. The molecule has 1 saturated carbocycles. The fraction of sp³-hybridized carbons (Fsp3) is 0.889. The van der Waals surface area contributed by atoms with Crippen molar-refractivity contribution in [3.63, 3.8) is 0 Å². The van der Waals surface area contributed by atoms with Crippen molar-refractivity contribution in [3.8, 4) is 0 Å². The molecule has 0 aromatic carbocycles. The molecule has 1 N–H and O–H groups in total. The molecular weight excluding hydrogens is 170 g/mol. The number of hydrogen-bond donors (Lipinski definition) is 1. The van der Waals surface area contributed by atoms with Crippen LogP contribution in [-0.4, -0.2) is 32.0 Å². The summed E-state index contributed by atoms with van der Waals surface area (Å²) in [5, 5.41) is 3.37. The largest absolute Gasteiger partial charge is 0.508 e. The second-order valence-electron chi connectivity index (χ2n) is 3.99. The number of rotatable bonds is 2. The lowest BCUT2D eigenvalue weighted by atomic mass is 9.66. The summed E-state index contributed by atoms with van der Waals surface area (Å²) in [5.74, 6) is 0. The van der Waals surface area contributed by atoms with Crippen molar-refractivity contribution in [2.75, 3.05) is 19.8 Å². The van der Waals surface area contributed by atoms with E-state index in [9.17, 15) is 4.79 Å². The highest BCUT2D eigenvalue weighted by atomic mass is 16.7. The first-order chi connectivity index (χ1) is 6.24. The number of hydrogen-bond acceptors (Lipinski definition) is 4. The van der Waals surface area contributed by atoms with Crippen molar-refractivity contribution < 1.29 is 14.3 Å². The third-order valence-electron chi connectivity index (χ3n) is 2.84. The molecule has 0 aromatic heterocycles. The number of ether oxygens (including phenoxy) is 2. The van der Waals surface area contributed by atoms with E-state index in [0.717, 1.165) is 19.4 Å². The molecule has 1 saturated heterocycles. The lowest BCUT2D eigenvalue weighted by molar-refractivity contribution is -0.105. The monoisotopic (exact) mass is 185 g/mol. The van der Waals surface area contributed by atoms with Crippen LogP contribution in [0.1, 0.15) is 19.8 Å². The Labute approximate surface area is 77.6 Å². The molecule has 74 valence electrons. The van der Waals surface area contributed by atoms with Crippen LogP contribution in [0.5, 0.6) is 0 Å². The summed E-state index contributed by atoms with van der Waals surface area (Å²) in [5.41, 5.74) is 0.126. The maximum atomic E-state index is 10.6. The van der Waals surface area contributed by atoms with Gasteiger partial charge in [0.15, 0.2) is 0 Å². The summed E-state index contributed by atoms with van der Waals surface area (Å²) in [6, 6.07) is 0.588. The third kappa shape index (κ3) is 1.63. The van der Waals surface area contributed by atoms with Crippen LogP contribution in [0.2, 0.25) is 0 Å². The van der Waals surface area contributed by atoms with E-state index >= 15 is 0 Å². The van der Waals surface area contributed by atoms with Crippen molar-refractivity contribution in [1.82, 2.24) is 5.32 Å². The van der Waals surface area contributed by atoms with Crippen molar-refractivity contribution in [3.05, 3.63) is 0 Å². The molecule has 1 aliphatic carbocycles. The Bertz CT molecular complexity index is 199. The van der Waals surface area contributed by atoms with Crippen molar-refractivity contribution in [1.29, 1.82) is 0 Å². The average molecular weight is 185 g/mol. The first-order valence-electron chi connectivity index (χ1n) is 4.77. The van der Waals surface area contributed by atoms with Gasteiger partial charge < -0.3 is 14.8 Å². The van der Waals surface area contributed by atoms with Crippen LogP contribution in [0, 0.1) is 5.41 Å². The van der Waals surface area contributed by atoms with Crippen LogP contribution in [0.3, 0.4) is 0 Å². The fourth-order valence-corrected chi connectivity index (χ4v) is 2.16. The van der Waals surface area contributed by atoms with Crippen LogP contribution in [-0.2, 0) is 9.47 Å². The molecule has 1 heterocycles. The van der Waals surface area contributed by atoms with E-state index in [-0.39, 0.29) is 5.41 Å². The van der Waals surface area contributed by atoms with Gasteiger partial charge >= 0.3 is 6.16 Å². The van der Waals surface area contributed by atoms with Gasteiger partial charge in [-0.15, -0.1) is 0 Å². The van der Waals surface area contributed by atoms with E-state index in [2.05, 4.69) is 12.2 Å². The minimum Gasteiger partial charge on any atom is -0.434 e. The van der Waals surface area contributed by atoms with Crippen molar-refractivity contribution in [2.45, 2.75) is 25.8 Å². The highest BCUT2D eigenvalue weighted by Crippen LogP contribution is 2.43. The zero-order chi connectivity index (χ0) is 9.31. The van der Waals surface area contributed by atoms with Crippen LogP contribution in [0.25, 0.3) is 0 Å². The van der Waals surface area contributed by atoms with Crippen molar-refractivity contribution in [2.24, 2.45) is 5.41 Å². The molecule has 4 heteroatoms. The summed E-state index contributed by atoms with van der Waals surface area (Å²) in [6.45, 7) is 4.17. The molecule has 13 heavy (non-hydrogen) atoms. The Balaban J connectivity index is 1.79. The molecule has 2 fully saturated rings. The van der Waals surface area contributed by atoms with Gasteiger partial charge in [0.2, 0.25) is 0 Å². The molecule has 1 spiro atoms. The number of carbonyl (C=O) groups is 1. The molecule has 0 amide bonds. The Kier molecular flexibility index (Phi) is 2.15. The van der Waals surface area contributed by atoms with Gasteiger partial charge in [-0.1, -0.05) is 6.92 Å². The number of carbonyl (C=O) groups excluding carboxylic acids is 1. The number of nitrogens with one attached hydrogen (secondary N) is 1. The van der Waals surface area contributed by atoms with Crippen LogP contribution in [0.15, 0.2) is 0 Å². The minimum atomic E-state index is -0.516. The molecule has 2 rings (SSSR count). The molecule has 0 bridgehead atoms. The fourth-order valence-electron chi connectivity index (χ4n) is 2.16. The van der Waals surface area contributed by atoms with Gasteiger partial charge in [-0.25, -0.2) is 4.79 Å². The first kappa shape index (κ1) is 8.81. The molecule has 1 aliphatic heterocycles. The summed E-state index contributed by atoms with van der Waals surface area (Å²) in [6.07, 6.45) is 1.61. The Hall–Kier alpha value is -0.770. The minimum absolute atomic E-state index is 0.126. The number of cyclic esters (lactones) is 2. The van der Waals surface area contributed by atoms with E-state index in [4.69, 9.17) is 9.47 Å². The van der Waals surface area contributed by atoms with E-state index in [1.54, 1.807) is 0 Å². The van der Waals surface area contributed by atoms with Gasteiger partial charge in [0.05, 0.1) is 0 Å². The lowest BCUT2D eigenvalue weighted by Gasteiger charge is -2.48. The maximum absolute atomic E-state index is 10.6. The Morgan fingerprint density at radius 3 is 2.62 bits per heavy atom. The second kappa shape index (κ2) is 3.18. The van der Waals surface area contributed by atoms with E-state index in [1.807, 2.05) is 0 Å². The zero-order valence-corrected chi connectivity index (χ0v) is 7.84. The predicted molar refractivity (Wildman–Crippen MR) is 46.4 cm³/mol. The van der Waals surface area contributed by atoms with Crippen LogP contribution < -0.4 is 5.32 Å². The molecule has 0 atom stereocenters. The maximum Gasteiger partial charge on any atom is 0.508 e. The normalized spacial score (nSPS) is 26.4. The third-order valence-corrected chi connectivity index (χ3v) is 2.84. The summed E-state index contributed by atoms with van der Waals surface area (Å²) in [7, 11) is 0. The molecule has 0 aromatic rings. The summed E-state index contributed by atoms with van der Waals surface area (Å²) in [4.78, 5) is 10.6. The van der Waals surface area contributed by atoms with Gasteiger partial charge in [0, 0.05) is 11.5 Å². The predicted octanol–water partition coefficient (Wildman–Crippen LogP) is 0.912. The second-order valence-corrected chi connectivity index (χ2v) is 3.99. The van der Waals surface area contributed by atoms with E-state index in [1.165, 1.54) is 0 Å². The molecule has 0 radical (unpaired) electrons. The molecule has 2 aliphatic rings. The van der Waals surface area contributed by atoms with Crippen molar-refractivity contribution >= 4 is 6.16 Å². The summed E-state index contributed by atoms with van der Waals surface area (Å²) >= 11 is 0. The van der Waals surface area contributed by atoms with Gasteiger partial charge in [-0.3, -0.25) is 0 Å². The SMILES string of the molecule is CCNC1CC2(COC(=O)OC2)C1. The smallest absolute Gasteiger partial charge is 0.434 e. The van der Waals surface area contributed by atoms with Gasteiger partial charge in [-0.05, 0) is 19.4 Å². The zero-order valence-electron chi connectivity index (χ0n) is 7.84. The Morgan fingerprint density at radius 2 is 2.08 bits per heavy atom. The van der Waals surface area contributed by atoms with Gasteiger partial charge in [0.25, 0.3) is 0 Å². The lowest BCUT2D eigenvalue weighted by Crippen LogP contribution is -2.55. The average Bonchev–Trinajstić information content (AvgIpc) is 2.07. The summed E-state index contributed by atoms with van der Waals surface area (Å²) < 4.78 is 9.75. The van der Waals surface area contributed by atoms with E-state index < -0.39 is 6.16 Å². The highest BCUT2D eigenvalue weighted by molar-refractivity contribution is 5.60. The molecule has 0 unspecified atom stereocenters. The Morgan fingerprint density at radius 1 is 1.46 bits per heavy atom. The topological polar surface area (TPSA) is 47.6 Å². The van der Waals surface area contributed by atoms with Gasteiger partial charge in [-0.2, -0.15) is 0 Å². The molecular formula is C9H15NO3. The highest BCUT2D eigenvalue weighted by Gasteiger charge is 2.48. The van der Waals surface area contributed by atoms with E-state index in [0.29, 0.717) is 19.3 Å². The van der Waals surface area contributed by atoms with Crippen LogP contribution in [0.4, 0.5) is 4.79 Å². The van der Waals surface area contributed by atoms with Gasteiger partial charge in [0.1, 0.15) is 13.2 Å². The van der Waals surface area contributed by atoms with Crippen LogP contribution >= 0.6 is 0 Å². The first-order valence-corrected chi connectivity index (χ1v) is 4.77. The quantitative estimate of drug-likeness (QED) is 0.650. The molecule has 4 nitrogen and oxygen atoms in total.